The average Bonchev–Trinajstić information content (AvgIpc) is 2.36. The number of nitrogens with zero attached hydrogens (tertiary/aromatic N) is 1. The first-order valence-corrected chi connectivity index (χ1v) is 6.19. The van der Waals surface area contributed by atoms with Crippen LogP contribution in [0.5, 0.6) is 0 Å². The van der Waals surface area contributed by atoms with Gasteiger partial charge in [-0.15, -0.1) is 0 Å². The van der Waals surface area contributed by atoms with Gasteiger partial charge in [0, 0.05) is 11.1 Å². The van der Waals surface area contributed by atoms with Gasteiger partial charge in [0.15, 0.2) is 11.6 Å². The van der Waals surface area contributed by atoms with Crippen LogP contribution in [0.2, 0.25) is 5.02 Å². The molecule has 0 amide bonds. The highest BCUT2D eigenvalue weighted by Crippen LogP contribution is 2.33. The number of benzene rings is 1. The summed E-state index contributed by atoms with van der Waals surface area (Å²) in [4.78, 5) is 15.2. The van der Waals surface area contributed by atoms with Crippen molar-refractivity contribution in [2.24, 2.45) is 0 Å². The molecule has 0 radical (unpaired) electrons. The molecular weight excluding hydrogens is 296 g/mol. The summed E-state index contributed by atoms with van der Waals surface area (Å²) in [6.07, 6.45) is 1.29. The molecule has 7 heteroatoms. The van der Waals surface area contributed by atoms with Crippen LogP contribution < -0.4 is 0 Å². The second-order valence-electron chi connectivity index (χ2n) is 3.46. The summed E-state index contributed by atoms with van der Waals surface area (Å²) in [5, 5.41) is 9.08. The van der Waals surface area contributed by atoms with E-state index < -0.39 is 17.6 Å². The molecular formula is C12H6ClF2NO2S. The fourth-order valence-electron chi connectivity index (χ4n) is 1.31. The maximum Gasteiger partial charge on any atom is 0.337 e. The Bertz CT molecular complexity index is 652. The van der Waals surface area contributed by atoms with Gasteiger partial charge in [-0.25, -0.2) is 18.6 Å². The quantitative estimate of drug-likeness (QED) is 0.935. The number of carboxylic acid groups (broad SMARTS) is 1. The highest BCUT2D eigenvalue weighted by molar-refractivity contribution is 7.99. The van der Waals surface area contributed by atoms with E-state index in [4.69, 9.17) is 16.7 Å². The van der Waals surface area contributed by atoms with E-state index >= 15 is 0 Å². The maximum atomic E-state index is 13.1. The largest absolute Gasteiger partial charge is 0.478 e. The number of aromatic carboxylic acids is 1. The number of carbonyl (C=O) groups is 1. The molecule has 1 heterocycles. The van der Waals surface area contributed by atoms with Gasteiger partial charge < -0.3 is 5.11 Å². The smallest absolute Gasteiger partial charge is 0.337 e. The number of hydrogen-bond donors (Lipinski definition) is 1. The Labute approximate surface area is 116 Å². The lowest BCUT2D eigenvalue weighted by atomic mass is 10.3. The molecule has 0 atom stereocenters. The van der Waals surface area contributed by atoms with Crippen LogP contribution in [0.1, 0.15) is 10.4 Å². The van der Waals surface area contributed by atoms with Crippen LogP contribution in [0.25, 0.3) is 0 Å². The molecule has 19 heavy (non-hydrogen) atoms. The lowest BCUT2D eigenvalue weighted by molar-refractivity contribution is 0.0696. The molecule has 0 saturated heterocycles. The van der Waals surface area contributed by atoms with Crippen molar-refractivity contribution in [3.63, 3.8) is 0 Å². The van der Waals surface area contributed by atoms with E-state index in [0.717, 1.165) is 23.9 Å². The van der Waals surface area contributed by atoms with Crippen molar-refractivity contribution in [3.8, 4) is 0 Å². The van der Waals surface area contributed by atoms with Crippen LogP contribution in [0.3, 0.4) is 0 Å². The molecule has 0 unspecified atom stereocenters. The van der Waals surface area contributed by atoms with Crippen LogP contribution in [-0.4, -0.2) is 16.1 Å². The molecule has 0 spiro atoms. The lowest BCUT2D eigenvalue weighted by Crippen LogP contribution is -1.99. The number of pyridine rings is 1. The third kappa shape index (κ3) is 3.02. The molecule has 2 aromatic rings. The highest BCUT2D eigenvalue weighted by Gasteiger charge is 2.14. The van der Waals surface area contributed by atoms with Gasteiger partial charge >= 0.3 is 5.97 Å². The number of hydrogen-bond acceptors (Lipinski definition) is 3. The third-order valence-electron chi connectivity index (χ3n) is 2.19. The van der Waals surface area contributed by atoms with E-state index in [2.05, 4.69) is 4.98 Å². The summed E-state index contributed by atoms with van der Waals surface area (Å²) in [7, 11) is 0. The predicted octanol–water partition coefficient (Wildman–Crippen LogP) is 3.86. The molecule has 1 aromatic carbocycles. The van der Waals surface area contributed by atoms with Crippen LogP contribution in [0, 0.1) is 11.6 Å². The van der Waals surface area contributed by atoms with Gasteiger partial charge in [-0.3, -0.25) is 0 Å². The van der Waals surface area contributed by atoms with E-state index in [0.29, 0.717) is 4.90 Å². The summed E-state index contributed by atoms with van der Waals surface area (Å²) in [6.45, 7) is 0. The van der Waals surface area contributed by atoms with Crippen LogP contribution in [0.4, 0.5) is 8.78 Å². The minimum atomic E-state index is -1.18. The van der Waals surface area contributed by atoms with E-state index in [1.807, 2.05) is 0 Å². The SMILES string of the molecule is O=C(O)c1ccnc(Sc2ccc(F)c(F)c2)c1Cl. The van der Waals surface area contributed by atoms with Gasteiger partial charge in [0.25, 0.3) is 0 Å². The Morgan fingerprint density at radius 2 is 2.00 bits per heavy atom. The van der Waals surface area contributed by atoms with Crippen molar-refractivity contribution in [2.75, 3.05) is 0 Å². The number of aromatic nitrogens is 1. The summed E-state index contributed by atoms with van der Waals surface area (Å²) in [5.74, 6) is -3.13. The minimum Gasteiger partial charge on any atom is -0.478 e. The molecule has 0 aliphatic heterocycles. The molecule has 98 valence electrons. The Kier molecular flexibility index (Phi) is 4.01. The fraction of sp³-hybridized carbons (Fsp3) is 0. The molecule has 0 fully saturated rings. The lowest BCUT2D eigenvalue weighted by Gasteiger charge is -2.05. The van der Waals surface area contributed by atoms with Crippen LogP contribution in [0.15, 0.2) is 40.4 Å². The molecule has 0 saturated carbocycles. The zero-order valence-electron chi connectivity index (χ0n) is 9.23. The van der Waals surface area contributed by atoms with Crippen molar-refractivity contribution in [2.45, 2.75) is 9.92 Å². The summed E-state index contributed by atoms with van der Waals surface area (Å²) >= 11 is 6.85. The molecule has 2 rings (SSSR count). The predicted molar refractivity (Wildman–Crippen MR) is 66.7 cm³/mol. The van der Waals surface area contributed by atoms with Gasteiger partial charge in [0.05, 0.1) is 10.6 Å². The van der Waals surface area contributed by atoms with Gasteiger partial charge in [-0.2, -0.15) is 0 Å². The Hall–Kier alpha value is -1.66. The monoisotopic (exact) mass is 301 g/mol. The number of halogens is 3. The van der Waals surface area contributed by atoms with Crippen LogP contribution >= 0.6 is 23.4 Å². The summed E-state index contributed by atoms with van der Waals surface area (Å²) < 4.78 is 25.8. The van der Waals surface area contributed by atoms with Gasteiger partial charge in [0.2, 0.25) is 0 Å². The van der Waals surface area contributed by atoms with Gasteiger partial charge in [0.1, 0.15) is 5.03 Å². The first kappa shape index (κ1) is 13.8. The Balaban J connectivity index is 2.35. The van der Waals surface area contributed by atoms with Crippen LogP contribution in [-0.2, 0) is 0 Å². The zero-order chi connectivity index (χ0) is 14.0. The number of carboxylic acids is 1. The zero-order valence-corrected chi connectivity index (χ0v) is 10.8. The van der Waals surface area contributed by atoms with Crippen molar-refractivity contribution in [1.82, 2.24) is 4.98 Å². The second-order valence-corrected chi connectivity index (χ2v) is 4.90. The summed E-state index contributed by atoms with van der Waals surface area (Å²) in [5.41, 5.74) is -0.0956. The van der Waals surface area contributed by atoms with Crippen molar-refractivity contribution >= 4 is 29.3 Å². The molecule has 0 aliphatic rings. The van der Waals surface area contributed by atoms with Gasteiger partial charge in [-0.1, -0.05) is 23.4 Å². The second kappa shape index (κ2) is 5.54. The van der Waals surface area contributed by atoms with E-state index in [-0.39, 0.29) is 15.6 Å². The normalized spacial score (nSPS) is 10.5. The molecule has 3 nitrogen and oxygen atoms in total. The first-order valence-electron chi connectivity index (χ1n) is 4.99. The Morgan fingerprint density at radius 1 is 1.26 bits per heavy atom. The fourth-order valence-corrected chi connectivity index (χ4v) is 2.46. The molecule has 1 aromatic heterocycles. The van der Waals surface area contributed by atoms with E-state index in [1.165, 1.54) is 18.3 Å². The molecule has 1 N–H and O–H groups in total. The van der Waals surface area contributed by atoms with E-state index in [1.54, 1.807) is 0 Å². The maximum absolute atomic E-state index is 13.1. The molecule has 0 aliphatic carbocycles. The summed E-state index contributed by atoms with van der Waals surface area (Å²) in [6, 6.07) is 4.59. The van der Waals surface area contributed by atoms with Crippen molar-refractivity contribution in [1.29, 1.82) is 0 Å². The Morgan fingerprint density at radius 3 is 2.63 bits per heavy atom. The van der Waals surface area contributed by atoms with E-state index in [9.17, 15) is 13.6 Å². The van der Waals surface area contributed by atoms with Crippen molar-refractivity contribution in [3.05, 3.63) is 52.7 Å². The number of rotatable bonds is 3. The molecule has 0 bridgehead atoms. The minimum absolute atomic E-state index is 0.0373. The third-order valence-corrected chi connectivity index (χ3v) is 3.68. The average molecular weight is 302 g/mol. The highest BCUT2D eigenvalue weighted by atomic mass is 35.5. The van der Waals surface area contributed by atoms with Crippen molar-refractivity contribution < 1.29 is 18.7 Å². The standard InChI is InChI=1S/C12H6ClF2NO2S/c13-10-7(12(17)18)3-4-16-11(10)19-6-1-2-8(14)9(15)5-6/h1-5H,(H,17,18). The van der Waals surface area contributed by atoms with Gasteiger partial charge in [-0.05, 0) is 24.3 Å². The topological polar surface area (TPSA) is 50.2 Å². The first-order chi connectivity index (χ1) is 8.99.